The van der Waals surface area contributed by atoms with Crippen LogP contribution in [0.1, 0.15) is 37.3 Å². The van der Waals surface area contributed by atoms with Crippen LogP contribution in [0.4, 0.5) is 0 Å². The lowest BCUT2D eigenvalue weighted by Gasteiger charge is -2.29. The maximum absolute atomic E-state index is 12.3. The standard InChI is InChI=1S/C18H27N3O2/c1-23-17-9-3-2-7-14(17)16(21-11-4-5-12-21)13-20-18(22)15-8-6-10-19-15/h2-3,7,9,15-16,19H,4-6,8,10-13H2,1H3,(H,20,22). The average Bonchev–Trinajstić information content (AvgIpc) is 3.29. The first-order chi connectivity index (χ1) is 11.3. The van der Waals surface area contributed by atoms with Gasteiger partial charge in [0.1, 0.15) is 5.75 Å². The zero-order valence-electron chi connectivity index (χ0n) is 13.9. The number of hydrogen-bond acceptors (Lipinski definition) is 4. The summed E-state index contributed by atoms with van der Waals surface area (Å²) in [4.78, 5) is 14.8. The van der Waals surface area contributed by atoms with Gasteiger partial charge in [-0.05, 0) is 51.4 Å². The molecule has 0 radical (unpaired) electrons. The minimum atomic E-state index is -0.0214. The molecule has 0 aromatic heterocycles. The molecule has 1 aromatic carbocycles. The van der Waals surface area contributed by atoms with Crippen LogP contribution in [0.2, 0.25) is 0 Å². The Bertz CT molecular complexity index is 523. The molecule has 126 valence electrons. The lowest BCUT2D eigenvalue weighted by atomic mass is 10.0. The minimum Gasteiger partial charge on any atom is -0.496 e. The van der Waals surface area contributed by atoms with Crippen LogP contribution in [0.25, 0.3) is 0 Å². The summed E-state index contributed by atoms with van der Waals surface area (Å²) in [6.45, 7) is 3.75. The Balaban J connectivity index is 1.71. The van der Waals surface area contributed by atoms with Crippen molar-refractivity contribution in [1.29, 1.82) is 0 Å². The normalized spacial score (nSPS) is 22.9. The Morgan fingerprint density at radius 3 is 2.83 bits per heavy atom. The van der Waals surface area contributed by atoms with Crippen LogP contribution in [0.5, 0.6) is 5.75 Å². The van der Waals surface area contributed by atoms with Gasteiger partial charge in [-0.1, -0.05) is 18.2 Å². The first-order valence-corrected chi connectivity index (χ1v) is 8.67. The van der Waals surface area contributed by atoms with Crippen LogP contribution in [-0.4, -0.2) is 50.1 Å². The fourth-order valence-electron chi connectivity index (χ4n) is 3.66. The molecule has 2 aliphatic heterocycles. The number of amides is 1. The number of likely N-dealkylation sites (tertiary alicyclic amines) is 1. The third-order valence-electron chi connectivity index (χ3n) is 4.93. The van der Waals surface area contributed by atoms with Gasteiger partial charge >= 0.3 is 0 Å². The van der Waals surface area contributed by atoms with E-state index in [-0.39, 0.29) is 18.0 Å². The van der Waals surface area contributed by atoms with Crippen LogP contribution in [-0.2, 0) is 4.79 Å². The van der Waals surface area contributed by atoms with E-state index in [0.717, 1.165) is 43.8 Å². The molecule has 2 heterocycles. The quantitative estimate of drug-likeness (QED) is 0.838. The zero-order valence-corrected chi connectivity index (χ0v) is 13.9. The first-order valence-electron chi connectivity index (χ1n) is 8.67. The molecule has 3 rings (SSSR count). The summed E-state index contributed by atoms with van der Waals surface area (Å²) < 4.78 is 5.54. The minimum absolute atomic E-state index is 0.0214. The predicted octanol–water partition coefficient (Wildman–Crippen LogP) is 1.70. The van der Waals surface area contributed by atoms with E-state index in [1.807, 2.05) is 18.2 Å². The largest absolute Gasteiger partial charge is 0.496 e. The summed E-state index contributed by atoms with van der Waals surface area (Å²) in [5.74, 6) is 1.03. The molecule has 2 unspecified atom stereocenters. The molecule has 2 aliphatic rings. The van der Waals surface area contributed by atoms with Crippen LogP contribution in [0.15, 0.2) is 24.3 Å². The number of methoxy groups -OCH3 is 1. The molecule has 2 N–H and O–H groups in total. The number of benzene rings is 1. The second kappa shape index (κ2) is 7.79. The molecule has 0 bridgehead atoms. The highest BCUT2D eigenvalue weighted by molar-refractivity contribution is 5.82. The van der Waals surface area contributed by atoms with Crippen molar-refractivity contribution in [3.63, 3.8) is 0 Å². The van der Waals surface area contributed by atoms with Crippen molar-refractivity contribution in [2.24, 2.45) is 0 Å². The van der Waals surface area contributed by atoms with Crippen molar-refractivity contribution in [1.82, 2.24) is 15.5 Å². The van der Waals surface area contributed by atoms with E-state index in [2.05, 4.69) is 21.6 Å². The third-order valence-corrected chi connectivity index (χ3v) is 4.93. The first kappa shape index (κ1) is 16.3. The molecular weight excluding hydrogens is 290 g/mol. The number of rotatable bonds is 6. The molecule has 1 aromatic rings. The van der Waals surface area contributed by atoms with Crippen LogP contribution in [0, 0.1) is 0 Å². The van der Waals surface area contributed by atoms with Gasteiger partial charge in [0, 0.05) is 12.1 Å². The number of nitrogens with zero attached hydrogens (tertiary/aromatic N) is 1. The van der Waals surface area contributed by atoms with Crippen LogP contribution in [0.3, 0.4) is 0 Å². The molecular formula is C18H27N3O2. The number of carbonyl (C=O) groups is 1. The van der Waals surface area contributed by atoms with Gasteiger partial charge in [0.2, 0.25) is 5.91 Å². The second-order valence-corrected chi connectivity index (χ2v) is 6.39. The average molecular weight is 317 g/mol. The topological polar surface area (TPSA) is 53.6 Å². The van der Waals surface area contributed by atoms with Crippen molar-refractivity contribution in [3.05, 3.63) is 29.8 Å². The Morgan fingerprint density at radius 1 is 1.35 bits per heavy atom. The Kier molecular flexibility index (Phi) is 5.51. The van der Waals surface area contributed by atoms with E-state index in [9.17, 15) is 4.79 Å². The highest BCUT2D eigenvalue weighted by Crippen LogP contribution is 2.31. The monoisotopic (exact) mass is 317 g/mol. The lowest BCUT2D eigenvalue weighted by Crippen LogP contribution is -2.44. The summed E-state index contributed by atoms with van der Waals surface area (Å²) in [6.07, 6.45) is 4.47. The number of para-hydroxylation sites is 1. The highest BCUT2D eigenvalue weighted by Gasteiger charge is 2.28. The highest BCUT2D eigenvalue weighted by atomic mass is 16.5. The Labute approximate surface area is 138 Å². The van der Waals surface area contributed by atoms with E-state index >= 15 is 0 Å². The number of ether oxygens (including phenoxy) is 1. The van der Waals surface area contributed by atoms with Gasteiger partial charge < -0.3 is 15.4 Å². The maximum Gasteiger partial charge on any atom is 0.237 e. The third kappa shape index (κ3) is 3.85. The Morgan fingerprint density at radius 2 is 2.13 bits per heavy atom. The SMILES string of the molecule is COc1ccccc1C(CNC(=O)C1CCCN1)N1CCCC1. The van der Waals surface area contributed by atoms with E-state index in [1.165, 1.54) is 12.8 Å². The van der Waals surface area contributed by atoms with Gasteiger partial charge in [0.25, 0.3) is 0 Å². The summed E-state index contributed by atoms with van der Waals surface area (Å²) in [5.41, 5.74) is 1.16. The molecule has 2 atom stereocenters. The molecule has 0 aliphatic carbocycles. The molecule has 5 nitrogen and oxygen atoms in total. The smallest absolute Gasteiger partial charge is 0.237 e. The van der Waals surface area contributed by atoms with Gasteiger partial charge in [0.15, 0.2) is 0 Å². The van der Waals surface area contributed by atoms with Gasteiger partial charge in [-0.25, -0.2) is 0 Å². The van der Waals surface area contributed by atoms with E-state index in [0.29, 0.717) is 6.54 Å². The molecule has 0 saturated carbocycles. The number of carbonyl (C=O) groups excluding carboxylic acids is 1. The summed E-state index contributed by atoms with van der Waals surface area (Å²) in [5, 5.41) is 6.41. The molecule has 0 spiro atoms. The predicted molar refractivity (Wildman–Crippen MR) is 90.6 cm³/mol. The summed E-state index contributed by atoms with van der Waals surface area (Å²) >= 11 is 0. The van der Waals surface area contributed by atoms with E-state index in [1.54, 1.807) is 7.11 Å². The van der Waals surface area contributed by atoms with Crippen molar-refractivity contribution in [3.8, 4) is 5.75 Å². The van der Waals surface area contributed by atoms with Gasteiger partial charge in [-0.3, -0.25) is 9.69 Å². The maximum atomic E-state index is 12.3. The molecule has 2 fully saturated rings. The van der Waals surface area contributed by atoms with Crippen LogP contribution >= 0.6 is 0 Å². The number of hydrogen-bond donors (Lipinski definition) is 2. The summed E-state index contributed by atoms with van der Waals surface area (Å²) in [6, 6.07) is 8.30. The second-order valence-electron chi connectivity index (χ2n) is 6.39. The van der Waals surface area contributed by atoms with Crippen molar-refractivity contribution in [2.75, 3.05) is 33.3 Å². The van der Waals surface area contributed by atoms with Crippen LogP contribution < -0.4 is 15.4 Å². The Hall–Kier alpha value is -1.59. The fraction of sp³-hybridized carbons (Fsp3) is 0.611. The summed E-state index contributed by atoms with van der Waals surface area (Å²) in [7, 11) is 1.71. The molecule has 2 saturated heterocycles. The molecule has 5 heteroatoms. The van der Waals surface area contributed by atoms with Gasteiger partial charge in [0.05, 0.1) is 19.2 Å². The molecule has 1 amide bonds. The van der Waals surface area contributed by atoms with Crippen molar-refractivity contribution >= 4 is 5.91 Å². The van der Waals surface area contributed by atoms with Crippen molar-refractivity contribution in [2.45, 2.75) is 37.8 Å². The molecule has 23 heavy (non-hydrogen) atoms. The van der Waals surface area contributed by atoms with Crippen molar-refractivity contribution < 1.29 is 9.53 Å². The zero-order chi connectivity index (χ0) is 16.1. The number of nitrogens with one attached hydrogen (secondary N) is 2. The van der Waals surface area contributed by atoms with E-state index in [4.69, 9.17) is 4.74 Å². The van der Waals surface area contributed by atoms with Gasteiger partial charge in [-0.15, -0.1) is 0 Å². The van der Waals surface area contributed by atoms with Gasteiger partial charge in [-0.2, -0.15) is 0 Å². The van der Waals surface area contributed by atoms with E-state index < -0.39 is 0 Å². The fourth-order valence-corrected chi connectivity index (χ4v) is 3.66. The lowest BCUT2D eigenvalue weighted by molar-refractivity contribution is -0.123.